The van der Waals surface area contributed by atoms with E-state index >= 15 is 0 Å². The second-order valence-electron chi connectivity index (χ2n) is 8.04. The summed E-state index contributed by atoms with van der Waals surface area (Å²) in [6.45, 7) is 12.3. The van der Waals surface area contributed by atoms with Crippen molar-refractivity contribution >= 4 is 11.8 Å². The van der Waals surface area contributed by atoms with E-state index in [2.05, 4.69) is 17.1 Å². The number of β-amino-alcohol motifs (C(OH)–C–C–N with tert-alkyl or cyclic N) is 1. The minimum Gasteiger partial charge on any atom is -0.392 e. The van der Waals surface area contributed by atoms with Gasteiger partial charge in [0.25, 0.3) is 5.91 Å². The summed E-state index contributed by atoms with van der Waals surface area (Å²) in [7, 11) is 0. The lowest BCUT2D eigenvalue weighted by molar-refractivity contribution is -0.137. The number of aliphatic hydroxyl groups is 1. The lowest BCUT2D eigenvalue weighted by Gasteiger charge is -2.41. The van der Waals surface area contributed by atoms with Crippen LogP contribution in [-0.2, 0) is 4.79 Å². The van der Waals surface area contributed by atoms with E-state index in [1.54, 1.807) is 19.1 Å². The molecule has 150 valence electrons. The summed E-state index contributed by atoms with van der Waals surface area (Å²) < 4.78 is 0. The fourth-order valence-electron chi connectivity index (χ4n) is 3.45. The van der Waals surface area contributed by atoms with Crippen molar-refractivity contribution in [2.24, 2.45) is 5.92 Å². The molecule has 6 nitrogen and oxygen atoms in total. The Morgan fingerprint density at radius 2 is 1.81 bits per heavy atom. The van der Waals surface area contributed by atoms with Crippen molar-refractivity contribution in [1.29, 1.82) is 0 Å². The summed E-state index contributed by atoms with van der Waals surface area (Å²) in [6.07, 6.45) is -0.382. The number of nitrogens with zero attached hydrogens (tertiary/aromatic N) is 2. The van der Waals surface area contributed by atoms with Gasteiger partial charge in [0.2, 0.25) is 5.91 Å². The summed E-state index contributed by atoms with van der Waals surface area (Å²) in [5.74, 6) is -0.255. The van der Waals surface area contributed by atoms with Gasteiger partial charge in [0.15, 0.2) is 0 Å². The van der Waals surface area contributed by atoms with E-state index in [-0.39, 0.29) is 29.9 Å². The number of aliphatic hydroxyl groups excluding tert-OH is 1. The van der Waals surface area contributed by atoms with Gasteiger partial charge < -0.3 is 15.3 Å². The molecule has 3 atom stereocenters. The van der Waals surface area contributed by atoms with E-state index in [0.29, 0.717) is 25.2 Å². The average Bonchev–Trinajstić information content (AvgIpc) is 2.60. The van der Waals surface area contributed by atoms with Gasteiger partial charge >= 0.3 is 0 Å². The Hall–Kier alpha value is -1.92. The van der Waals surface area contributed by atoms with Crippen LogP contribution in [0.15, 0.2) is 24.3 Å². The van der Waals surface area contributed by atoms with Crippen LogP contribution in [0.2, 0.25) is 0 Å². The molecule has 1 heterocycles. The number of nitrogens with one attached hydrogen (secondary N) is 1. The van der Waals surface area contributed by atoms with Gasteiger partial charge in [-0.2, -0.15) is 0 Å². The number of carbonyl (C=O) groups excluding carboxylic acids is 2. The van der Waals surface area contributed by atoms with Crippen LogP contribution in [0.25, 0.3) is 0 Å². The molecule has 1 aromatic carbocycles. The molecule has 1 saturated heterocycles. The molecule has 6 heteroatoms. The van der Waals surface area contributed by atoms with Crippen LogP contribution in [0.4, 0.5) is 0 Å². The van der Waals surface area contributed by atoms with E-state index in [9.17, 15) is 14.7 Å². The van der Waals surface area contributed by atoms with Crippen molar-refractivity contribution in [2.45, 2.75) is 52.8 Å². The molecular formula is C21H33N3O3. The molecule has 2 amide bonds. The highest BCUT2D eigenvalue weighted by Gasteiger charge is 2.33. The molecule has 1 aliphatic rings. The number of amides is 2. The van der Waals surface area contributed by atoms with Crippen LogP contribution in [-0.4, -0.2) is 71.1 Å². The lowest BCUT2D eigenvalue weighted by Crippen LogP contribution is -2.59. The third-order valence-corrected chi connectivity index (χ3v) is 5.11. The predicted molar refractivity (Wildman–Crippen MR) is 107 cm³/mol. The van der Waals surface area contributed by atoms with Crippen molar-refractivity contribution < 1.29 is 14.7 Å². The number of hydrogen-bond donors (Lipinski definition) is 2. The third kappa shape index (κ3) is 5.78. The Bertz CT molecular complexity index is 643. The second kappa shape index (κ2) is 9.33. The summed E-state index contributed by atoms with van der Waals surface area (Å²) in [6, 6.07) is 6.98. The zero-order valence-corrected chi connectivity index (χ0v) is 17.1. The second-order valence-corrected chi connectivity index (χ2v) is 8.04. The third-order valence-electron chi connectivity index (χ3n) is 5.11. The minimum absolute atomic E-state index is 0.00213. The molecule has 2 N–H and O–H groups in total. The first kappa shape index (κ1) is 21.4. The van der Waals surface area contributed by atoms with Gasteiger partial charge in [-0.15, -0.1) is 0 Å². The molecule has 0 spiro atoms. The summed E-state index contributed by atoms with van der Waals surface area (Å²) in [5, 5.41) is 12.5. The molecule has 0 bridgehead atoms. The average molecular weight is 376 g/mol. The standard InChI is InChI=1S/C21H33N3O3/c1-14(2)19(22-20(26)18-8-6-15(3)7-9-18)21(27)24-11-10-23(13-17(5)25)16(4)12-24/h6-9,14,16-17,19,25H,10-13H2,1-5H3,(H,22,26)/t16-,17+,19-/m0/s1. The number of aryl methyl sites for hydroxylation is 1. The molecule has 1 aliphatic heterocycles. The SMILES string of the molecule is Cc1ccc(C(=O)N[C@H](C(=O)N2CCN(C[C@@H](C)O)[C@@H](C)C2)C(C)C)cc1. The molecule has 0 aliphatic carbocycles. The summed E-state index contributed by atoms with van der Waals surface area (Å²) in [5.41, 5.74) is 1.65. The summed E-state index contributed by atoms with van der Waals surface area (Å²) in [4.78, 5) is 29.7. The molecule has 27 heavy (non-hydrogen) atoms. The molecule has 0 saturated carbocycles. The largest absolute Gasteiger partial charge is 0.392 e. The van der Waals surface area contributed by atoms with Crippen molar-refractivity contribution in [1.82, 2.24) is 15.1 Å². The molecular weight excluding hydrogens is 342 g/mol. The van der Waals surface area contributed by atoms with Crippen molar-refractivity contribution in [3.8, 4) is 0 Å². The predicted octanol–water partition coefficient (Wildman–Crippen LogP) is 1.66. The fourth-order valence-corrected chi connectivity index (χ4v) is 3.45. The number of carbonyl (C=O) groups is 2. The maximum atomic E-state index is 13.1. The quantitative estimate of drug-likeness (QED) is 0.793. The van der Waals surface area contributed by atoms with Crippen molar-refractivity contribution in [3.05, 3.63) is 35.4 Å². The molecule has 2 rings (SSSR count). The van der Waals surface area contributed by atoms with Gasteiger partial charge in [0.1, 0.15) is 6.04 Å². The topological polar surface area (TPSA) is 72.9 Å². The maximum Gasteiger partial charge on any atom is 0.251 e. The molecule has 0 unspecified atom stereocenters. The van der Waals surface area contributed by atoms with Crippen molar-refractivity contribution in [2.75, 3.05) is 26.2 Å². The van der Waals surface area contributed by atoms with Crippen LogP contribution in [0, 0.1) is 12.8 Å². The minimum atomic E-state index is -0.547. The highest BCUT2D eigenvalue weighted by Crippen LogP contribution is 2.15. The van der Waals surface area contributed by atoms with E-state index < -0.39 is 6.04 Å². The Morgan fingerprint density at radius 1 is 1.19 bits per heavy atom. The number of hydrogen-bond acceptors (Lipinski definition) is 4. The van der Waals surface area contributed by atoms with Crippen molar-refractivity contribution in [3.63, 3.8) is 0 Å². The van der Waals surface area contributed by atoms with Crippen LogP contribution in [0.5, 0.6) is 0 Å². The maximum absolute atomic E-state index is 13.1. The first-order valence-corrected chi connectivity index (χ1v) is 9.77. The zero-order chi connectivity index (χ0) is 20.1. The number of rotatable bonds is 6. The van der Waals surface area contributed by atoms with E-state index in [1.807, 2.05) is 37.8 Å². The molecule has 1 aromatic rings. The highest BCUT2D eigenvalue weighted by atomic mass is 16.3. The normalized spacial score (nSPS) is 20.4. The van der Waals surface area contributed by atoms with E-state index in [4.69, 9.17) is 0 Å². The molecule has 1 fully saturated rings. The van der Waals surface area contributed by atoms with E-state index in [0.717, 1.165) is 12.1 Å². The van der Waals surface area contributed by atoms with Gasteiger partial charge in [0.05, 0.1) is 6.10 Å². The Labute approximate surface area is 162 Å². The van der Waals surface area contributed by atoms with E-state index in [1.165, 1.54) is 0 Å². The first-order chi connectivity index (χ1) is 12.7. The van der Waals surface area contributed by atoms with Crippen LogP contribution in [0.1, 0.15) is 43.6 Å². The zero-order valence-electron chi connectivity index (χ0n) is 17.1. The van der Waals surface area contributed by atoms with Gasteiger partial charge in [-0.1, -0.05) is 31.5 Å². The Balaban J connectivity index is 2.02. The van der Waals surface area contributed by atoms with Gasteiger partial charge in [-0.25, -0.2) is 0 Å². The number of benzene rings is 1. The van der Waals surface area contributed by atoms with Gasteiger partial charge in [-0.05, 0) is 38.8 Å². The molecule has 0 radical (unpaired) electrons. The molecule has 0 aromatic heterocycles. The Kier molecular flexibility index (Phi) is 7.39. The Morgan fingerprint density at radius 3 is 2.33 bits per heavy atom. The van der Waals surface area contributed by atoms with Crippen LogP contribution < -0.4 is 5.32 Å². The summed E-state index contributed by atoms with van der Waals surface area (Å²) >= 11 is 0. The smallest absolute Gasteiger partial charge is 0.251 e. The van der Waals surface area contributed by atoms with Crippen LogP contribution >= 0.6 is 0 Å². The highest BCUT2D eigenvalue weighted by molar-refractivity contribution is 5.97. The first-order valence-electron chi connectivity index (χ1n) is 9.77. The fraction of sp³-hybridized carbons (Fsp3) is 0.619. The monoisotopic (exact) mass is 375 g/mol. The van der Waals surface area contributed by atoms with Gasteiger partial charge in [0, 0.05) is 37.8 Å². The van der Waals surface area contributed by atoms with Gasteiger partial charge in [-0.3, -0.25) is 14.5 Å². The lowest BCUT2D eigenvalue weighted by atomic mass is 10.0. The number of piperazine rings is 1. The van der Waals surface area contributed by atoms with Crippen LogP contribution in [0.3, 0.4) is 0 Å².